The Morgan fingerprint density at radius 2 is 1.86 bits per heavy atom. The maximum Gasteiger partial charge on any atom is 0.335 e. The van der Waals surface area contributed by atoms with Gasteiger partial charge in [-0.15, -0.1) is 0 Å². The maximum absolute atomic E-state index is 12.0. The van der Waals surface area contributed by atoms with E-state index in [-0.39, 0.29) is 22.2 Å². The van der Waals surface area contributed by atoms with E-state index in [1.807, 2.05) is 6.07 Å². The molecule has 0 amide bonds. The van der Waals surface area contributed by atoms with E-state index in [1.54, 1.807) is 41.2 Å². The molecule has 0 saturated carbocycles. The molecular formula is C23H27N3O3. The number of benzene rings is 1. The van der Waals surface area contributed by atoms with Crippen molar-refractivity contribution in [1.82, 2.24) is 9.78 Å². The Morgan fingerprint density at radius 3 is 2.41 bits per heavy atom. The largest absolute Gasteiger partial charge is 0.478 e. The number of ketones is 1. The topological polar surface area (TPSA) is 84.5 Å². The number of hydrogen-bond donors (Lipinski definition) is 1. The summed E-state index contributed by atoms with van der Waals surface area (Å²) in [7, 11) is 0. The van der Waals surface area contributed by atoms with Gasteiger partial charge in [0.05, 0.1) is 16.9 Å². The van der Waals surface area contributed by atoms with Crippen LogP contribution in [0.1, 0.15) is 63.5 Å². The second-order valence-electron chi connectivity index (χ2n) is 9.36. The van der Waals surface area contributed by atoms with E-state index in [9.17, 15) is 9.59 Å². The van der Waals surface area contributed by atoms with Crippen LogP contribution in [0.3, 0.4) is 0 Å². The van der Waals surface area contributed by atoms with Gasteiger partial charge in [0.2, 0.25) is 0 Å². The van der Waals surface area contributed by atoms with Crippen LogP contribution in [0.2, 0.25) is 0 Å². The molecule has 2 aromatic rings. The van der Waals surface area contributed by atoms with Crippen LogP contribution in [-0.4, -0.2) is 32.9 Å². The lowest BCUT2D eigenvalue weighted by atomic mass is 9.77. The zero-order chi connectivity index (χ0) is 21.4. The van der Waals surface area contributed by atoms with Gasteiger partial charge in [-0.3, -0.25) is 4.79 Å². The minimum atomic E-state index is -0.970. The quantitative estimate of drug-likeness (QED) is 0.750. The molecule has 1 aliphatic rings. The third-order valence-electron chi connectivity index (χ3n) is 4.86. The molecule has 1 aliphatic carbocycles. The van der Waals surface area contributed by atoms with Crippen LogP contribution in [-0.2, 0) is 10.2 Å². The molecule has 0 radical (unpaired) electrons. The number of allylic oxidation sites excluding steroid dienone is 2. The second-order valence-corrected chi connectivity index (χ2v) is 9.36. The summed E-state index contributed by atoms with van der Waals surface area (Å²) in [5.74, 6) is -0.215. The van der Waals surface area contributed by atoms with Crippen molar-refractivity contribution in [3.05, 3.63) is 53.2 Å². The van der Waals surface area contributed by atoms with E-state index in [0.717, 1.165) is 23.4 Å². The highest BCUT2D eigenvalue weighted by molar-refractivity contribution is 5.98. The molecule has 1 aromatic heterocycles. The lowest BCUT2D eigenvalue weighted by molar-refractivity contribution is -0.116. The predicted octanol–water partition coefficient (Wildman–Crippen LogP) is 4.89. The highest BCUT2D eigenvalue weighted by Gasteiger charge is 2.27. The molecule has 152 valence electrons. The van der Waals surface area contributed by atoms with Crippen LogP contribution in [0, 0.1) is 5.41 Å². The fourth-order valence-corrected chi connectivity index (χ4v) is 3.39. The Morgan fingerprint density at radius 1 is 1.21 bits per heavy atom. The molecule has 0 spiro atoms. The van der Waals surface area contributed by atoms with Crippen molar-refractivity contribution in [1.29, 1.82) is 0 Å². The first kappa shape index (κ1) is 20.7. The van der Waals surface area contributed by atoms with Gasteiger partial charge in [0.25, 0.3) is 0 Å². The predicted molar refractivity (Wildman–Crippen MR) is 113 cm³/mol. The summed E-state index contributed by atoms with van der Waals surface area (Å²) in [6.07, 6.45) is 4.74. The lowest BCUT2D eigenvalue weighted by Gasteiger charge is -2.27. The van der Waals surface area contributed by atoms with E-state index >= 15 is 0 Å². The zero-order valence-electron chi connectivity index (χ0n) is 17.6. The lowest BCUT2D eigenvalue weighted by Crippen LogP contribution is -2.22. The van der Waals surface area contributed by atoms with Gasteiger partial charge in [0.1, 0.15) is 0 Å². The fourth-order valence-electron chi connectivity index (χ4n) is 3.39. The van der Waals surface area contributed by atoms with Crippen LogP contribution in [0.25, 0.3) is 5.69 Å². The minimum absolute atomic E-state index is 0.0728. The Hall–Kier alpha value is -3.02. The minimum Gasteiger partial charge on any atom is -0.478 e. The van der Waals surface area contributed by atoms with E-state index < -0.39 is 5.97 Å². The van der Waals surface area contributed by atoms with Crippen LogP contribution in [0.5, 0.6) is 0 Å². The number of carboxylic acids is 1. The first-order chi connectivity index (χ1) is 13.4. The average molecular weight is 393 g/mol. The van der Waals surface area contributed by atoms with Gasteiger partial charge in [-0.2, -0.15) is 5.10 Å². The van der Waals surface area contributed by atoms with Crippen LogP contribution in [0.15, 0.2) is 47.0 Å². The Kier molecular flexibility index (Phi) is 5.30. The Balaban J connectivity index is 2.00. The molecular weight excluding hydrogens is 366 g/mol. The van der Waals surface area contributed by atoms with Crippen LogP contribution >= 0.6 is 0 Å². The van der Waals surface area contributed by atoms with Gasteiger partial charge in [-0.25, -0.2) is 14.5 Å². The number of carbonyl (C=O) groups is 2. The van der Waals surface area contributed by atoms with Crippen molar-refractivity contribution >= 4 is 23.8 Å². The van der Waals surface area contributed by atoms with E-state index in [2.05, 4.69) is 39.6 Å². The molecule has 0 fully saturated rings. The van der Waals surface area contributed by atoms with Gasteiger partial charge in [-0.1, -0.05) is 34.6 Å². The van der Waals surface area contributed by atoms with Gasteiger partial charge >= 0.3 is 5.97 Å². The molecule has 6 heteroatoms. The van der Waals surface area contributed by atoms with Gasteiger partial charge in [-0.05, 0) is 47.8 Å². The molecule has 0 saturated heterocycles. The van der Waals surface area contributed by atoms with Crippen LogP contribution < -0.4 is 0 Å². The average Bonchev–Trinajstić information content (AvgIpc) is 3.03. The van der Waals surface area contributed by atoms with Crippen molar-refractivity contribution in [3.63, 3.8) is 0 Å². The molecule has 6 nitrogen and oxygen atoms in total. The number of hydrogen-bond acceptors (Lipinski definition) is 4. The first-order valence-electron chi connectivity index (χ1n) is 9.66. The molecule has 3 rings (SSSR count). The highest BCUT2D eigenvalue weighted by Crippen LogP contribution is 2.33. The normalized spacial score (nSPS) is 16.9. The van der Waals surface area contributed by atoms with E-state index in [1.165, 1.54) is 0 Å². The summed E-state index contributed by atoms with van der Waals surface area (Å²) < 4.78 is 1.71. The summed E-state index contributed by atoms with van der Waals surface area (Å²) in [6.45, 7) is 10.4. The number of nitrogens with zero attached hydrogens (tertiary/aromatic N) is 3. The molecule has 0 unspecified atom stereocenters. The van der Waals surface area contributed by atoms with E-state index in [4.69, 9.17) is 10.2 Å². The third kappa shape index (κ3) is 4.88. The van der Waals surface area contributed by atoms with Crippen molar-refractivity contribution in [2.75, 3.05) is 0 Å². The smallest absolute Gasteiger partial charge is 0.335 e. The molecule has 29 heavy (non-hydrogen) atoms. The summed E-state index contributed by atoms with van der Waals surface area (Å²) in [5, 5.41) is 13.8. The molecule has 1 heterocycles. The third-order valence-corrected chi connectivity index (χ3v) is 4.86. The van der Waals surface area contributed by atoms with Crippen molar-refractivity contribution in [2.45, 2.75) is 52.9 Å². The maximum atomic E-state index is 12.0. The second kappa shape index (κ2) is 7.43. The number of aromatic nitrogens is 2. The molecule has 0 atom stereocenters. The van der Waals surface area contributed by atoms with Crippen molar-refractivity contribution in [3.8, 4) is 5.69 Å². The Bertz CT molecular complexity index is 1000. The molecule has 0 aliphatic heterocycles. The fraction of sp³-hybridized carbons (Fsp3) is 0.391. The number of rotatable bonds is 4. The zero-order valence-corrected chi connectivity index (χ0v) is 17.6. The molecule has 0 bridgehead atoms. The molecule has 1 N–H and O–H groups in total. The van der Waals surface area contributed by atoms with E-state index in [0.29, 0.717) is 12.2 Å². The highest BCUT2D eigenvalue weighted by atomic mass is 16.4. The number of carboxylic acid groups (broad SMARTS) is 1. The van der Waals surface area contributed by atoms with Crippen molar-refractivity contribution < 1.29 is 14.7 Å². The van der Waals surface area contributed by atoms with Crippen molar-refractivity contribution in [2.24, 2.45) is 10.4 Å². The number of carbonyl (C=O) groups excluding carboxylic acids is 1. The SMILES string of the molecule is CC1(C)CC(=O)C=C(/C=N/c2cc(C(C)(C)C)nn2-c2ccc(C(=O)O)cc2)C1. The number of aliphatic imine (C=N–C) groups is 1. The summed E-state index contributed by atoms with van der Waals surface area (Å²) in [5.41, 5.74) is 2.48. The molecule has 1 aromatic carbocycles. The standard InChI is InChI=1S/C23H27N3O3/c1-22(2,3)19-11-20(24-14-15-10-18(27)13-23(4,5)12-15)26(25-19)17-8-6-16(7-9-17)21(28)29/h6-11,14H,12-13H2,1-5H3,(H,28,29)/b24-14+. The monoisotopic (exact) mass is 393 g/mol. The van der Waals surface area contributed by atoms with Crippen LogP contribution in [0.4, 0.5) is 5.82 Å². The summed E-state index contributed by atoms with van der Waals surface area (Å²) in [6, 6.07) is 8.46. The number of aromatic carboxylic acids is 1. The van der Waals surface area contributed by atoms with Gasteiger partial charge in [0, 0.05) is 24.1 Å². The first-order valence-corrected chi connectivity index (χ1v) is 9.66. The van der Waals surface area contributed by atoms with Gasteiger partial charge < -0.3 is 5.11 Å². The van der Waals surface area contributed by atoms with Gasteiger partial charge in [0.15, 0.2) is 11.6 Å². The Labute approximate surface area is 171 Å². The summed E-state index contributed by atoms with van der Waals surface area (Å²) >= 11 is 0. The summed E-state index contributed by atoms with van der Waals surface area (Å²) in [4.78, 5) is 27.8.